The van der Waals surface area contributed by atoms with E-state index in [1.165, 1.54) is 0 Å². The van der Waals surface area contributed by atoms with Crippen LogP contribution in [0.5, 0.6) is 0 Å². The lowest BCUT2D eigenvalue weighted by atomic mass is 9.98. The summed E-state index contributed by atoms with van der Waals surface area (Å²) in [5, 5.41) is 23.4. The van der Waals surface area contributed by atoms with Crippen LogP contribution in [-0.2, 0) is 17.7 Å². The molecule has 0 saturated heterocycles. The number of tetrazole rings is 1. The minimum Gasteiger partial charge on any atom is -0.434 e. The molecule has 2 aromatic heterocycles. The summed E-state index contributed by atoms with van der Waals surface area (Å²) in [5.41, 5.74) is 3.95. The highest BCUT2D eigenvalue weighted by Gasteiger charge is 2.23. The Morgan fingerprint density at radius 1 is 1.15 bits per heavy atom. The minimum atomic E-state index is -0.723. The molecule has 0 unspecified atom stereocenters. The van der Waals surface area contributed by atoms with Crippen molar-refractivity contribution in [1.82, 2.24) is 30.2 Å². The van der Waals surface area contributed by atoms with Gasteiger partial charge >= 0.3 is 5.97 Å². The van der Waals surface area contributed by atoms with E-state index in [4.69, 9.17) is 21.4 Å². The quantitative estimate of drug-likeness (QED) is 0.284. The predicted octanol–water partition coefficient (Wildman–Crippen LogP) is 3.88. The zero-order chi connectivity index (χ0) is 23.2. The fourth-order valence-corrected chi connectivity index (χ4v) is 3.94. The second-order valence-electron chi connectivity index (χ2n) is 7.40. The zero-order valence-electron chi connectivity index (χ0n) is 18.0. The molecule has 0 aliphatic carbocycles. The molecule has 2 aromatic carbocycles. The van der Waals surface area contributed by atoms with E-state index in [0.717, 1.165) is 35.1 Å². The van der Waals surface area contributed by atoms with Crippen molar-refractivity contribution >= 4 is 17.6 Å². The van der Waals surface area contributed by atoms with Crippen LogP contribution in [0.15, 0.2) is 48.5 Å². The van der Waals surface area contributed by atoms with Crippen LogP contribution >= 0.6 is 11.6 Å². The Bertz CT molecular complexity index is 1220. The summed E-state index contributed by atoms with van der Waals surface area (Å²) in [5.74, 6) is 0.525. The van der Waals surface area contributed by atoms with Crippen LogP contribution in [0.1, 0.15) is 41.6 Å². The summed E-state index contributed by atoms with van der Waals surface area (Å²) in [6.07, 6.45) is 2.57. The van der Waals surface area contributed by atoms with E-state index in [1.54, 1.807) is 4.57 Å². The number of carbonyl (C=O) groups is 1. The largest absolute Gasteiger partial charge is 0.434 e. The lowest BCUT2D eigenvalue weighted by molar-refractivity contribution is 0.00580. The van der Waals surface area contributed by atoms with Gasteiger partial charge < -0.3 is 14.4 Å². The highest BCUT2D eigenvalue weighted by atomic mass is 35.5. The Kier molecular flexibility index (Phi) is 7.11. The van der Waals surface area contributed by atoms with Crippen LogP contribution in [0.3, 0.4) is 0 Å². The molecule has 2 N–H and O–H groups in total. The lowest BCUT2D eigenvalue weighted by Gasteiger charge is -2.13. The van der Waals surface area contributed by atoms with E-state index in [2.05, 4.69) is 32.5 Å². The number of unbranched alkanes of at least 4 members (excludes halogenated alkanes) is 1. The number of hydrogen-bond acceptors (Lipinski definition) is 7. The number of aliphatic hydroxyl groups is 1. The van der Waals surface area contributed by atoms with Gasteiger partial charge in [0, 0.05) is 18.5 Å². The van der Waals surface area contributed by atoms with Crippen molar-refractivity contribution in [3.05, 3.63) is 70.8 Å². The molecule has 33 heavy (non-hydrogen) atoms. The van der Waals surface area contributed by atoms with E-state index in [0.29, 0.717) is 24.6 Å². The second kappa shape index (κ2) is 10.4. The third kappa shape index (κ3) is 4.94. The maximum Gasteiger partial charge on any atom is 0.360 e. The van der Waals surface area contributed by atoms with Gasteiger partial charge in [-0.15, -0.1) is 10.2 Å². The Morgan fingerprint density at radius 2 is 1.91 bits per heavy atom. The molecule has 0 aliphatic heterocycles. The van der Waals surface area contributed by atoms with Gasteiger partial charge in [0.1, 0.15) is 5.82 Å². The molecule has 2 heterocycles. The monoisotopic (exact) mass is 466 g/mol. The number of nitrogens with one attached hydrogen (secondary N) is 1. The van der Waals surface area contributed by atoms with E-state index < -0.39 is 12.8 Å². The first kappa shape index (κ1) is 22.6. The standard InChI is InChI=1S/C23H23ClN6O3/c1-2-3-8-19-25-21(24)20(23(32)33-14-31)30(19)13-15-9-11-16(12-10-15)17-6-4-5-7-18(17)22-26-28-29-27-22/h4-7,9-12,31H,2-3,8,13-14H2,1H3,(H,26,27,28,29). The van der Waals surface area contributed by atoms with Crippen molar-refractivity contribution < 1.29 is 14.6 Å². The average Bonchev–Trinajstić information content (AvgIpc) is 3.47. The number of benzene rings is 2. The van der Waals surface area contributed by atoms with E-state index in [-0.39, 0.29) is 10.8 Å². The number of aryl methyl sites for hydroxylation is 1. The number of halogens is 1. The van der Waals surface area contributed by atoms with Gasteiger partial charge in [-0.05, 0) is 28.3 Å². The molecule has 0 aliphatic rings. The first-order chi connectivity index (χ1) is 16.1. The Labute approximate surface area is 195 Å². The summed E-state index contributed by atoms with van der Waals surface area (Å²) in [4.78, 5) is 16.8. The number of esters is 1. The number of aliphatic hydroxyl groups excluding tert-OH is 1. The van der Waals surface area contributed by atoms with E-state index in [9.17, 15) is 4.79 Å². The number of nitrogens with zero attached hydrogens (tertiary/aromatic N) is 5. The van der Waals surface area contributed by atoms with Crippen molar-refractivity contribution in [1.29, 1.82) is 0 Å². The second-order valence-corrected chi connectivity index (χ2v) is 7.75. The van der Waals surface area contributed by atoms with E-state index in [1.807, 2.05) is 48.5 Å². The predicted molar refractivity (Wildman–Crippen MR) is 123 cm³/mol. The molecule has 0 radical (unpaired) electrons. The van der Waals surface area contributed by atoms with Crippen LogP contribution in [-0.4, -0.2) is 48.0 Å². The Hall–Kier alpha value is -3.56. The number of H-pyrrole nitrogens is 1. The molecular formula is C23H23ClN6O3. The van der Waals surface area contributed by atoms with Gasteiger partial charge in [0.15, 0.2) is 17.6 Å². The maximum atomic E-state index is 12.4. The zero-order valence-corrected chi connectivity index (χ0v) is 18.8. The molecular weight excluding hydrogens is 444 g/mol. The molecule has 0 bridgehead atoms. The first-order valence-corrected chi connectivity index (χ1v) is 10.9. The molecule has 0 spiro atoms. The van der Waals surface area contributed by atoms with Gasteiger partial charge in [0.25, 0.3) is 0 Å². The molecule has 0 amide bonds. The van der Waals surface area contributed by atoms with Crippen molar-refractivity contribution in [2.45, 2.75) is 32.7 Å². The highest BCUT2D eigenvalue weighted by molar-refractivity contribution is 6.32. The van der Waals surface area contributed by atoms with Crippen molar-refractivity contribution in [2.75, 3.05) is 6.79 Å². The topological polar surface area (TPSA) is 119 Å². The number of imidazole rings is 1. The van der Waals surface area contributed by atoms with Gasteiger partial charge in [0.2, 0.25) is 5.82 Å². The van der Waals surface area contributed by atoms with Crippen LogP contribution < -0.4 is 0 Å². The van der Waals surface area contributed by atoms with Crippen LogP contribution in [0.25, 0.3) is 22.5 Å². The maximum absolute atomic E-state index is 12.4. The number of rotatable bonds is 9. The number of aromatic amines is 1. The SMILES string of the molecule is CCCCc1nc(Cl)c(C(=O)OCO)n1Cc1ccc(-c2ccccc2-c2nn[nH]n2)cc1. The van der Waals surface area contributed by atoms with Crippen molar-refractivity contribution in [3.63, 3.8) is 0 Å². The lowest BCUT2D eigenvalue weighted by Crippen LogP contribution is -2.16. The van der Waals surface area contributed by atoms with Crippen LogP contribution in [0, 0.1) is 0 Å². The molecule has 0 saturated carbocycles. The number of hydrogen-bond donors (Lipinski definition) is 2. The summed E-state index contributed by atoms with van der Waals surface area (Å²) >= 11 is 6.26. The molecule has 4 rings (SSSR count). The van der Waals surface area contributed by atoms with Crippen molar-refractivity contribution in [2.24, 2.45) is 0 Å². The third-order valence-corrected chi connectivity index (χ3v) is 5.53. The minimum absolute atomic E-state index is 0.0743. The molecule has 10 heteroatoms. The molecule has 0 fully saturated rings. The van der Waals surface area contributed by atoms with E-state index >= 15 is 0 Å². The fraction of sp³-hybridized carbons (Fsp3) is 0.261. The molecule has 9 nitrogen and oxygen atoms in total. The summed E-state index contributed by atoms with van der Waals surface area (Å²) in [6, 6.07) is 15.8. The highest BCUT2D eigenvalue weighted by Crippen LogP contribution is 2.30. The molecule has 170 valence electrons. The van der Waals surface area contributed by atoms with Crippen LogP contribution in [0.4, 0.5) is 0 Å². The van der Waals surface area contributed by atoms with Crippen molar-refractivity contribution in [3.8, 4) is 22.5 Å². The van der Waals surface area contributed by atoms with Crippen LogP contribution in [0.2, 0.25) is 5.15 Å². The normalized spacial score (nSPS) is 11.0. The Morgan fingerprint density at radius 3 is 2.58 bits per heavy atom. The first-order valence-electron chi connectivity index (χ1n) is 10.6. The van der Waals surface area contributed by atoms with Gasteiger partial charge in [-0.25, -0.2) is 9.78 Å². The molecule has 0 atom stereocenters. The smallest absolute Gasteiger partial charge is 0.360 e. The van der Waals surface area contributed by atoms with Gasteiger partial charge in [-0.3, -0.25) is 0 Å². The number of aromatic nitrogens is 6. The third-order valence-electron chi connectivity index (χ3n) is 5.27. The van der Waals surface area contributed by atoms with Gasteiger partial charge in [0.05, 0.1) is 0 Å². The Balaban J connectivity index is 1.65. The summed E-state index contributed by atoms with van der Waals surface area (Å²) in [6.45, 7) is 1.75. The average molecular weight is 467 g/mol. The van der Waals surface area contributed by atoms with Gasteiger partial charge in [-0.1, -0.05) is 73.5 Å². The fourth-order valence-electron chi connectivity index (χ4n) is 3.66. The number of ether oxygens (including phenoxy) is 1. The number of carbonyl (C=O) groups excluding carboxylic acids is 1. The molecule has 4 aromatic rings. The summed E-state index contributed by atoms with van der Waals surface area (Å²) < 4.78 is 6.54. The summed E-state index contributed by atoms with van der Waals surface area (Å²) in [7, 11) is 0. The van der Waals surface area contributed by atoms with Gasteiger partial charge in [-0.2, -0.15) is 5.21 Å².